The summed E-state index contributed by atoms with van der Waals surface area (Å²) < 4.78 is 0. The van der Waals surface area contributed by atoms with Crippen molar-refractivity contribution >= 4 is 17.4 Å². The maximum absolute atomic E-state index is 12.1. The standard InChI is InChI=1S/C15H15N7O/c1-10(14-16-9-17-22-14)18-13-8-7-12(20-21-13)15(23)19-11-5-3-2-4-6-11/h2-10H,1H3,(H,18,21)(H,19,23)(H,16,17,22). The second-order valence-corrected chi connectivity index (χ2v) is 4.86. The summed E-state index contributed by atoms with van der Waals surface area (Å²) in [6, 6.07) is 12.4. The molecule has 0 aliphatic heterocycles. The summed E-state index contributed by atoms with van der Waals surface area (Å²) in [5, 5.41) is 20.4. The normalized spacial score (nSPS) is 11.7. The van der Waals surface area contributed by atoms with E-state index in [4.69, 9.17) is 0 Å². The largest absolute Gasteiger partial charge is 0.359 e. The minimum Gasteiger partial charge on any atom is -0.359 e. The highest BCUT2D eigenvalue weighted by Crippen LogP contribution is 2.13. The van der Waals surface area contributed by atoms with Crippen LogP contribution in [-0.2, 0) is 0 Å². The van der Waals surface area contributed by atoms with Gasteiger partial charge in [0.1, 0.15) is 18.0 Å². The van der Waals surface area contributed by atoms with E-state index in [2.05, 4.69) is 36.0 Å². The molecule has 1 amide bonds. The number of nitrogens with one attached hydrogen (secondary N) is 3. The molecule has 3 rings (SSSR count). The van der Waals surface area contributed by atoms with Crippen molar-refractivity contribution in [2.24, 2.45) is 0 Å². The van der Waals surface area contributed by atoms with Crippen LogP contribution < -0.4 is 10.6 Å². The first-order valence-corrected chi connectivity index (χ1v) is 7.04. The van der Waals surface area contributed by atoms with E-state index in [1.807, 2.05) is 25.1 Å². The summed E-state index contributed by atoms with van der Waals surface area (Å²) in [5.74, 6) is 0.932. The van der Waals surface area contributed by atoms with Gasteiger partial charge in [-0.05, 0) is 31.2 Å². The van der Waals surface area contributed by atoms with Crippen LogP contribution in [0.5, 0.6) is 0 Å². The van der Waals surface area contributed by atoms with Gasteiger partial charge in [-0.1, -0.05) is 18.2 Å². The summed E-state index contributed by atoms with van der Waals surface area (Å²) in [6.45, 7) is 1.91. The molecule has 0 spiro atoms. The number of para-hydroxylation sites is 1. The van der Waals surface area contributed by atoms with Crippen molar-refractivity contribution < 1.29 is 4.79 Å². The maximum Gasteiger partial charge on any atom is 0.276 e. The van der Waals surface area contributed by atoms with Crippen LogP contribution in [0, 0.1) is 0 Å². The Bertz CT molecular complexity index is 756. The number of anilines is 2. The molecular formula is C15H15N7O. The minimum atomic E-state index is -0.307. The van der Waals surface area contributed by atoms with Gasteiger partial charge >= 0.3 is 0 Å². The van der Waals surface area contributed by atoms with E-state index >= 15 is 0 Å². The number of aromatic amines is 1. The van der Waals surface area contributed by atoms with Crippen molar-refractivity contribution in [3.8, 4) is 0 Å². The molecule has 0 fully saturated rings. The van der Waals surface area contributed by atoms with E-state index in [1.165, 1.54) is 6.33 Å². The number of benzene rings is 1. The van der Waals surface area contributed by atoms with E-state index < -0.39 is 0 Å². The first-order valence-electron chi connectivity index (χ1n) is 7.04. The molecule has 0 saturated carbocycles. The highest BCUT2D eigenvalue weighted by atomic mass is 16.1. The zero-order valence-electron chi connectivity index (χ0n) is 12.4. The molecule has 2 heterocycles. The van der Waals surface area contributed by atoms with Crippen LogP contribution in [0.3, 0.4) is 0 Å². The number of carbonyl (C=O) groups is 1. The minimum absolute atomic E-state index is 0.101. The molecule has 1 atom stereocenters. The third kappa shape index (κ3) is 3.67. The Morgan fingerprint density at radius 3 is 2.61 bits per heavy atom. The van der Waals surface area contributed by atoms with Gasteiger partial charge in [0.2, 0.25) is 0 Å². The molecule has 0 saturated heterocycles. The number of carbonyl (C=O) groups excluding carboxylic acids is 1. The van der Waals surface area contributed by atoms with Crippen molar-refractivity contribution in [2.75, 3.05) is 10.6 Å². The third-order valence-corrected chi connectivity index (χ3v) is 3.14. The number of amides is 1. The van der Waals surface area contributed by atoms with E-state index in [-0.39, 0.29) is 17.6 Å². The predicted molar refractivity (Wildman–Crippen MR) is 84.8 cm³/mol. The van der Waals surface area contributed by atoms with Crippen LogP contribution in [0.4, 0.5) is 11.5 Å². The Labute approximate surface area is 132 Å². The van der Waals surface area contributed by atoms with Gasteiger partial charge < -0.3 is 10.6 Å². The molecule has 8 nitrogen and oxygen atoms in total. The van der Waals surface area contributed by atoms with Gasteiger partial charge in [0.15, 0.2) is 5.69 Å². The van der Waals surface area contributed by atoms with E-state index in [9.17, 15) is 4.79 Å². The van der Waals surface area contributed by atoms with Crippen LogP contribution in [-0.4, -0.2) is 31.3 Å². The van der Waals surface area contributed by atoms with Crippen molar-refractivity contribution in [3.63, 3.8) is 0 Å². The summed E-state index contributed by atoms with van der Waals surface area (Å²) in [5.41, 5.74) is 0.951. The maximum atomic E-state index is 12.1. The number of nitrogens with zero attached hydrogens (tertiary/aromatic N) is 4. The fourth-order valence-electron chi connectivity index (χ4n) is 1.96. The van der Waals surface area contributed by atoms with Crippen molar-refractivity contribution in [3.05, 3.63) is 60.3 Å². The van der Waals surface area contributed by atoms with Gasteiger partial charge in [-0.2, -0.15) is 5.10 Å². The van der Waals surface area contributed by atoms with Crippen LogP contribution in [0.2, 0.25) is 0 Å². The van der Waals surface area contributed by atoms with Crippen LogP contribution >= 0.6 is 0 Å². The number of hydrogen-bond acceptors (Lipinski definition) is 6. The molecule has 3 N–H and O–H groups in total. The zero-order chi connectivity index (χ0) is 16.1. The van der Waals surface area contributed by atoms with Crippen LogP contribution in [0.25, 0.3) is 0 Å². The summed E-state index contributed by atoms with van der Waals surface area (Å²) in [7, 11) is 0. The fourth-order valence-corrected chi connectivity index (χ4v) is 1.96. The van der Waals surface area contributed by atoms with Crippen molar-refractivity contribution in [1.29, 1.82) is 0 Å². The summed E-state index contributed by atoms with van der Waals surface area (Å²) in [4.78, 5) is 16.1. The lowest BCUT2D eigenvalue weighted by Crippen LogP contribution is -2.15. The van der Waals surface area contributed by atoms with Gasteiger partial charge in [0.05, 0.1) is 6.04 Å². The van der Waals surface area contributed by atoms with E-state index in [0.29, 0.717) is 17.3 Å². The second kappa shape index (κ2) is 6.65. The second-order valence-electron chi connectivity index (χ2n) is 4.86. The van der Waals surface area contributed by atoms with Gasteiger partial charge in [-0.25, -0.2) is 4.98 Å². The lowest BCUT2D eigenvalue weighted by Gasteiger charge is -2.11. The molecular weight excluding hydrogens is 294 g/mol. The average Bonchev–Trinajstić information content (AvgIpc) is 3.11. The van der Waals surface area contributed by atoms with E-state index in [1.54, 1.807) is 24.3 Å². The Balaban J connectivity index is 1.63. The molecule has 0 aliphatic rings. The highest BCUT2D eigenvalue weighted by molar-refractivity contribution is 6.02. The smallest absolute Gasteiger partial charge is 0.276 e. The van der Waals surface area contributed by atoms with Gasteiger partial charge in [-0.15, -0.1) is 10.2 Å². The van der Waals surface area contributed by atoms with E-state index in [0.717, 1.165) is 0 Å². The van der Waals surface area contributed by atoms with Crippen molar-refractivity contribution in [2.45, 2.75) is 13.0 Å². The third-order valence-electron chi connectivity index (χ3n) is 3.14. The SMILES string of the molecule is CC(Nc1ccc(C(=O)Nc2ccccc2)nn1)c1ncn[nH]1. The fraction of sp³-hybridized carbons (Fsp3) is 0.133. The lowest BCUT2D eigenvalue weighted by atomic mass is 10.3. The molecule has 0 bridgehead atoms. The first kappa shape index (κ1) is 14.6. The topological polar surface area (TPSA) is 108 Å². The number of aromatic nitrogens is 5. The Kier molecular flexibility index (Phi) is 4.23. The molecule has 23 heavy (non-hydrogen) atoms. The molecule has 3 aromatic rings. The molecule has 1 aromatic carbocycles. The van der Waals surface area contributed by atoms with Gasteiger partial charge in [-0.3, -0.25) is 9.89 Å². The first-order chi connectivity index (χ1) is 11.2. The lowest BCUT2D eigenvalue weighted by molar-refractivity contribution is 0.102. The summed E-state index contributed by atoms with van der Waals surface area (Å²) >= 11 is 0. The number of H-pyrrole nitrogens is 1. The Morgan fingerprint density at radius 2 is 1.96 bits per heavy atom. The Hall–Kier alpha value is -3.29. The molecule has 2 aromatic heterocycles. The molecule has 116 valence electrons. The van der Waals surface area contributed by atoms with Crippen molar-refractivity contribution in [1.82, 2.24) is 25.4 Å². The summed E-state index contributed by atoms with van der Waals surface area (Å²) in [6.07, 6.45) is 1.44. The van der Waals surface area contributed by atoms with Gasteiger partial charge in [0.25, 0.3) is 5.91 Å². The average molecular weight is 309 g/mol. The highest BCUT2D eigenvalue weighted by Gasteiger charge is 2.11. The number of hydrogen-bond donors (Lipinski definition) is 3. The van der Waals surface area contributed by atoms with Gasteiger partial charge in [0, 0.05) is 5.69 Å². The molecule has 8 heteroatoms. The van der Waals surface area contributed by atoms with Crippen LogP contribution in [0.15, 0.2) is 48.8 Å². The molecule has 0 radical (unpaired) electrons. The predicted octanol–water partition coefficient (Wildman–Crippen LogP) is 2.02. The quantitative estimate of drug-likeness (QED) is 0.665. The van der Waals surface area contributed by atoms with Crippen LogP contribution in [0.1, 0.15) is 29.3 Å². The zero-order valence-corrected chi connectivity index (χ0v) is 12.4. The number of rotatable bonds is 5. The molecule has 0 aliphatic carbocycles. The molecule has 1 unspecified atom stereocenters. The Morgan fingerprint density at radius 1 is 1.13 bits per heavy atom. The monoisotopic (exact) mass is 309 g/mol.